The molecule has 182 valence electrons. The fraction of sp³-hybridized carbons (Fsp3) is 0.393. The predicted molar refractivity (Wildman–Crippen MR) is 140 cm³/mol. The number of anilines is 1. The van der Waals surface area contributed by atoms with E-state index in [-0.39, 0.29) is 11.8 Å². The van der Waals surface area contributed by atoms with Crippen molar-refractivity contribution in [3.8, 4) is 0 Å². The average Bonchev–Trinajstić information content (AvgIpc) is 3.07. The van der Waals surface area contributed by atoms with Gasteiger partial charge in [-0.05, 0) is 67.9 Å². The summed E-state index contributed by atoms with van der Waals surface area (Å²) in [6, 6.07) is 12.0. The molecule has 6 nitrogen and oxygen atoms in total. The van der Waals surface area contributed by atoms with Crippen molar-refractivity contribution in [2.45, 2.75) is 45.6 Å². The first-order chi connectivity index (χ1) is 17.1. The van der Waals surface area contributed by atoms with Crippen LogP contribution in [0.5, 0.6) is 0 Å². The molecule has 2 aromatic heterocycles. The lowest BCUT2D eigenvalue weighted by atomic mass is 9.95. The summed E-state index contributed by atoms with van der Waals surface area (Å²) in [4.78, 5) is 36.5. The summed E-state index contributed by atoms with van der Waals surface area (Å²) in [5, 5.41) is 3.74. The van der Waals surface area contributed by atoms with E-state index in [1.807, 2.05) is 4.90 Å². The molecule has 1 aliphatic heterocycles. The second kappa shape index (κ2) is 10.7. The minimum atomic E-state index is -0.217. The van der Waals surface area contributed by atoms with Gasteiger partial charge in [0.15, 0.2) is 0 Å². The maximum Gasteiger partial charge on any atom is 0.257 e. The quantitative estimate of drug-likeness (QED) is 0.553. The van der Waals surface area contributed by atoms with E-state index in [4.69, 9.17) is 0 Å². The van der Waals surface area contributed by atoms with Gasteiger partial charge in [0.1, 0.15) is 5.00 Å². The number of fused-ring (bicyclic) bond motifs is 1. The molecule has 1 fully saturated rings. The van der Waals surface area contributed by atoms with Gasteiger partial charge in [-0.25, -0.2) is 0 Å². The number of hydrogen-bond acceptors (Lipinski definition) is 5. The molecule has 0 unspecified atom stereocenters. The van der Waals surface area contributed by atoms with Gasteiger partial charge in [0.2, 0.25) is 0 Å². The van der Waals surface area contributed by atoms with Gasteiger partial charge in [0.25, 0.3) is 11.8 Å². The van der Waals surface area contributed by atoms with Crippen molar-refractivity contribution < 1.29 is 9.59 Å². The third kappa shape index (κ3) is 5.31. The Hall–Kier alpha value is -3.03. The predicted octanol–water partition coefficient (Wildman–Crippen LogP) is 4.93. The summed E-state index contributed by atoms with van der Waals surface area (Å²) in [7, 11) is 0. The SMILES string of the molecule is Cc1ccccc1CN1CCCN(C(=O)c2c(NC(=O)c3cccnc3)sc3c2CCCC3)CC1. The van der Waals surface area contributed by atoms with Gasteiger partial charge in [0, 0.05) is 50.0 Å². The van der Waals surface area contributed by atoms with Crippen LogP contribution in [0.2, 0.25) is 0 Å². The van der Waals surface area contributed by atoms with Crippen LogP contribution in [0.3, 0.4) is 0 Å². The molecule has 0 spiro atoms. The number of hydrogen-bond donors (Lipinski definition) is 1. The largest absolute Gasteiger partial charge is 0.337 e. The van der Waals surface area contributed by atoms with Crippen LogP contribution in [0.1, 0.15) is 61.5 Å². The van der Waals surface area contributed by atoms with E-state index >= 15 is 0 Å². The van der Waals surface area contributed by atoms with E-state index in [1.54, 1.807) is 35.9 Å². The smallest absolute Gasteiger partial charge is 0.257 e. The van der Waals surface area contributed by atoms with Crippen LogP contribution in [0.15, 0.2) is 48.8 Å². The minimum absolute atomic E-state index is 0.0589. The highest BCUT2D eigenvalue weighted by Gasteiger charge is 2.30. The molecule has 1 saturated heterocycles. The van der Waals surface area contributed by atoms with E-state index < -0.39 is 0 Å². The lowest BCUT2D eigenvalue weighted by Crippen LogP contribution is -2.36. The fourth-order valence-corrected chi connectivity index (χ4v) is 6.35. The van der Waals surface area contributed by atoms with Crippen LogP contribution < -0.4 is 5.32 Å². The van der Waals surface area contributed by atoms with Gasteiger partial charge in [-0.15, -0.1) is 11.3 Å². The van der Waals surface area contributed by atoms with Crippen molar-refractivity contribution in [3.05, 3.63) is 81.5 Å². The Morgan fingerprint density at radius 1 is 1.00 bits per heavy atom. The summed E-state index contributed by atoms with van der Waals surface area (Å²) in [5.74, 6) is -0.158. The third-order valence-corrected chi connectivity index (χ3v) is 8.27. The van der Waals surface area contributed by atoms with E-state index in [1.165, 1.54) is 16.0 Å². The highest BCUT2D eigenvalue weighted by molar-refractivity contribution is 7.17. The van der Waals surface area contributed by atoms with Crippen LogP contribution in [-0.2, 0) is 19.4 Å². The third-order valence-electron chi connectivity index (χ3n) is 7.07. The number of rotatable bonds is 5. The lowest BCUT2D eigenvalue weighted by Gasteiger charge is -2.24. The van der Waals surface area contributed by atoms with Gasteiger partial charge in [-0.2, -0.15) is 0 Å². The molecule has 3 aromatic rings. The summed E-state index contributed by atoms with van der Waals surface area (Å²) < 4.78 is 0. The van der Waals surface area contributed by atoms with Crippen molar-refractivity contribution in [1.82, 2.24) is 14.8 Å². The van der Waals surface area contributed by atoms with Crippen LogP contribution >= 0.6 is 11.3 Å². The van der Waals surface area contributed by atoms with E-state index in [0.29, 0.717) is 22.7 Å². The van der Waals surface area contributed by atoms with Crippen molar-refractivity contribution in [3.63, 3.8) is 0 Å². The molecule has 2 aliphatic rings. The Kier molecular flexibility index (Phi) is 7.25. The van der Waals surface area contributed by atoms with Crippen LogP contribution in [0.4, 0.5) is 5.00 Å². The number of aromatic nitrogens is 1. The summed E-state index contributed by atoms with van der Waals surface area (Å²) in [6.07, 6.45) is 8.26. The first-order valence-corrected chi connectivity index (χ1v) is 13.3. The Labute approximate surface area is 211 Å². The Morgan fingerprint density at radius 3 is 2.69 bits per heavy atom. The number of carbonyl (C=O) groups excluding carboxylic acids is 2. The molecule has 1 aliphatic carbocycles. The van der Waals surface area contributed by atoms with E-state index in [2.05, 4.69) is 46.4 Å². The zero-order valence-corrected chi connectivity index (χ0v) is 21.1. The van der Waals surface area contributed by atoms with Gasteiger partial charge < -0.3 is 10.2 Å². The molecule has 7 heteroatoms. The number of benzene rings is 1. The molecule has 0 atom stereocenters. The fourth-order valence-electron chi connectivity index (χ4n) is 5.07. The van der Waals surface area contributed by atoms with Crippen molar-refractivity contribution in [2.24, 2.45) is 0 Å². The Morgan fingerprint density at radius 2 is 1.86 bits per heavy atom. The topological polar surface area (TPSA) is 65.5 Å². The van der Waals surface area contributed by atoms with E-state index in [9.17, 15) is 9.59 Å². The molecule has 35 heavy (non-hydrogen) atoms. The number of aryl methyl sites for hydroxylation is 2. The molecular weight excluding hydrogens is 456 g/mol. The molecule has 2 amide bonds. The molecule has 0 radical (unpaired) electrons. The highest BCUT2D eigenvalue weighted by Crippen LogP contribution is 2.39. The normalized spacial score (nSPS) is 16.4. The Balaban J connectivity index is 1.34. The lowest BCUT2D eigenvalue weighted by molar-refractivity contribution is 0.0761. The average molecular weight is 489 g/mol. The maximum atomic E-state index is 13.9. The van der Waals surface area contributed by atoms with Gasteiger partial charge in [0.05, 0.1) is 11.1 Å². The monoisotopic (exact) mass is 488 g/mol. The molecule has 0 saturated carbocycles. The first kappa shape index (κ1) is 23.7. The zero-order valence-electron chi connectivity index (χ0n) is 20.3. The van der Waals surface area contributed by atoms with Crippen molar-refractivity contribution in [2.75, 3.05) is 31.5 Å². The molecular formula is C28H32N4O2S. The number of amides is 2. The van der Waals surface area contributed by atoms with E-state index in [0.717, 1.165) is 63.8 Å². The number of carbonyl (C=O) groups is 2. The summed E-state index contributed by atoms with van der Waals surface area (Å²) in [5.41, 5.74) is 5.02. The minimum Gasteiger partial charge on any atom is -0.337 e. The summed E-state index contributed by atoms with van der Waals surface area (Å²) >= 11 is 1.58. The molecule has 1 aromatic carbocycles. The molecule has 0 bridgehead atoms. The number of nitrogens with zero attached hydrogens (tertiary/aromatic N) is 3. The molecule has 1 N–H and O–H groups in total. The van der Waals surface area contributed by atoms with Crippen LogP contribution in [0.25, 0.3) is 0 Å². The van der Waals surface area contributed by atoms with Crippen LogP contribution in [0, 0.1) is 6.92 Å². The van der Waals surface area contributed by atoms with Gasteiger partial charge >= 0.3 is 0 Å². The van der Waals surface area contributed by atoms with Crippen molar-refractivity contribution in [1.29, 1.82) is 0 Å². The van der Waals surface area contributed by atoms with Gasteiger partial charge in [-0.3, -0.25) is 19.5 Å². The second-order valence-corrected chi connectivity index (χ2v) is 10.6. The Bertz CT molecular complexity index is 1210. The molecule has 5 rings (SSSR count). The number of thiophene rings is 1. The summed E-state index contributed by atoms with van der Waals surface area (Å²) in [6.45, 7) is 6.34. The maximum absolute atomic E-state index is 13.9. The standard InChI is InChI=1S/C28H32N4O2S/c1-20-8-2-3-9-22(20)19-31-14-7-15-32(17-16-31)28(34)25-23-11-4-5-12-24(23)35-27(25)30-26(33)21-10-6-13-29-18-21/h2-3,6,8-10,13,18H,4-5,7,11-12,14-17,19H2,1H3,(H,30,33). The number of nitrogens with one attached hydrogen (secondary N) is 1. The first-order valence-electron chi connectivity index (χ1n) is 12.5. The molecule has 3 heterocycles. The van der Waals surface area contributed by atoms with Crippen molar-refractivity contribution >= 4 is 28.2 Å². The second-order valence-electron chi connectivity index (χ2n) is 9.46. The van der Waals surface area contributed by atoms with Crippen LogP contribution in [-0.4, -0.2) is 52.8 Å². The highest BCUT2D eigenvalue weighted by atomic mass is 32.1. The number of pyridine rings is 1. The zero-order chi connectivity index (χ0) is 24.2. The van der Waals surface area contributed by atoms with Gasteiger partial charge in [-0.1, -0.05) is 24.3 Å².